The molecule has 1 aromatic carbocycles. The van der Waals surface area contributed by atoms with Gasteiger partial charge in [-0.25, -0.2) is 4.39 Å². The zero-order valence-corrected chi connectivity index (χ0v) is 17.3. The minimum atomic E-state index is -1.19. The Labute approximate surface area is 179 Å². The summed E-state index contributed by atoms with van der Waals surface area (Å²) >= 11 is 0. The fourth-order valence-corrected chi connectivity index (χ4v) is 4.76. The van der Waals surface area contributed by atoms with E-state index in [-0.39, 0.29) is 24.4 Å². The molecule has 2 amide bonds. The Morgan fingerprint density at radius 3 is 2.48 bits per heavy atom. The Bertz CT molecular complexity index is 1110. The lowest BCUT2D eigenvalue weighted by atomic mass is 9.93. The number of nitrogens with zero attached hydrogens (tertiary/aromatic N) is 2. The molecule has 1 N–H and O–H groups in total. The Kier molecular flexibility index (Phi) is 4.68. The number of halogens is 1. The van der Waals surface area contributed by atoms with E-state index < -0.39 is 11.4 Å². The van der Waals surface area contributed by atoms with E-state index >= 15 is 0 Å². The Balaban J connectivity index is 1.60. The van der Waals surface area contributed by atoms with Crippen molar-refractivity contribution < 1.29 is 18.4 Å². The number of aromatic nitrogens is 1. The number of furan rings is 1. The number of anilines is 1. The maximum Gasteiger partial charge on any atom is 0.275 e. The highest BCUT2D eigenvalue weighted by Crippen LogP contribution is 2.36. The van der Waals surface area contributed by atoms with Crippen LogP contribution >= 0.6 is 0 Å². The first-order valence-electron chi connectivity index (χ1n) is 10.6. The van der Waals surface area contributed by atoms with Crippen molar-refractivity contribution in [2.45, 2.75) is 50.7 Å². The molecule has 0 bridgehead atoms. The molecule has 6 nitrogen and oxygen atoms in total. The molecule has 3 heterocycles. The van der Waals surface area contributed by atoms with E-state index in [0.29, 0.717) is 17.1 Å². The van der Waals surface area contributed by atoms with Crippen LogP contribution in [0.15, 0.2) is 59.2 Å². The first kappa shape index (κ1) is 19.6. The maximum absolute atomic E-state index is 13.6. The van der Waals surface area contributed by atoms with E-state index in [9.17, 15) is 14.0 Å². The number of carbonyl (C=O) groups is 2. The molecule has 3 aromatic rings. The molecule has 0 spiro atoms. The normalized spacial score (nSPS) is 21.4. The van der Waals surface area contributed by atoms with Crippen LogP contribution in [0.5, 0.6) is 0 Å². The Morgan fingerprint density at radius 2 is 1.81 bits per heavy atom. The topological polar surface area (TPSA) is 67.5 Å². The van der Waals surface area contributed by atoms with Crippen LogP contribution in [0.25, 0.3) is 11.5 Å². The van der Waals surface area contributed by atoms with Gasteiger partial charge in [0.25, 0.3) is 5.91 Å². The van der Waals surface area contributed by atoms with Crippen molar-refractivity contribution >= 4 is 17.5 Å². The molecule has 160 valence electrons. The summed E-state index contributed by atoms with van der Waals surface area (Å²) in [6.07, 6.45) is 5.65. The van der Waals surface area contributed by atoms with Crippen molar-refractivity contribution in [3.63, 3.8) is 0 Å². The van der Waals surface area contributed by atoms with Crippen LogP contribution in [0.4, 0.5) is 10.1 Å². The zero-order valence-electron chi connectivity index (χ0n) is 17.3. The van der Waals surface area contributed by atoms with Crippen molar-refractivity contribution in [2.24, 2.45) is 0 Å². The van der Waals surface area contributed by atoms with Crippen LogP contribution in [-0.2, 0) is 11.3 Å². The van der Waals surface area contributed by atoms with Crippen LogP contribution in [0.2, 0.25) is 0 Å². The molecule has 1 saturated carbocycles. The van der Waals surface area contributed by atoms with Gasteiger partial charge in [-0.1, -0.05) is 12.8 Å². The Morgan fingerprint density at radius 1 is 1.10 bits per heavy atom. The highest BCUT2D eigenvalue weighted by atomic mass is 19.1. The Hall–Kier alpha value is -3.35. The second-order valence-electron chi connectivity index (χ2n) is 8.51. The van der Waals surface area contributed by atoms with Gasteiger partial charge < -0.3 is 14.3 Å². The molecule has 1 fully saturated rings. The van der Waals surface area contributed by atoms with Gasteiger partial charge in [0.1, 0.15) is 22.8 Å². The number of amides is 2. The van der Waals surface area contributed by atoms with Crippen molar-refractivity contribution in [1.82, 2.24) is 9.88 Å². The van der Waals surface area contributed by atoms with Gasteiger partial charge >= 0.3 is 0 Å². The van der Waals surface area contributed by atoms with Crippen LogP contribution in [-0.4, -0.2) is 28.0 Å². The third-order valence-corrected chi connectivity index (χ3v) is 6.40. The van der Waals surface area contributed by atoms with Gasteiger partial charge in [0.15, 0.2) is 0 Å². The second kappa shape index (κ2) is 7.41. The lowest BCUT2D eigenvalue weighted by Crippen LogP contribution is -2.65. The van der Waals surface area contributed by atoms with E-state index in [1.165, 1.54) is 17.0 Å². The molecular weight excluding hydrogens is 397 g/mol. The van der Waals surface area contributed by atoms with Crippen molar-refractivity contribution in [3.05, 3.63) is 66.3 Å². The molecule has 0 saturated heterocycles. The van der Waals surface area contributed by atoms with Gasteiger partial charge in [0.2, 0.25) is 5.91 Å². The molecule has 5 rings (SSSR count). The minimum absolute atomic E-state index is 0.116. The second-order valence-corrected chi connectivity index (χ2v) is 8.51. The van der Waals surface area contributed by atoms with Crippen LogP contribution in [0, 0.1) is 5.82 Å². The molecule has 1 aliphatic heterocycles. The summed E-state index contributed by atoms with van der Waals surface area (Å²) in [5.41, 5.74) is 0.501. The van der Waals surface area contributed by atoms with Gasteiger partial charge in [0.05, 0.1) is 18.5 Å². The number of carbonyl (C=O) groups excluding carboxylic acids is 2. The molecule has 7 heteroatoms. The maximum atomic E-state index is 13.6. The molecule has 2 aromatic heterocycles. The highest BCUT2D eigenvalue weighted by Gasteiger charge is 2.49. The quantitative estimate of drug-likeness (QED) is 0.680. The average molecular weight is 421 g/mol. The number of hydrogen-bond donors (Lipinski definition) is 1. The van der Waals surface area contributed by atoms with E-state index in [2.05, 4.69) is 5.32 Å². The number of rotatable bonds is 4. The van der Waals surface area contributed by atoms with Gasteiger partial charge in [-0.2, -0.15) is 0 Å². The van der Waals surface area contributed by atoms with Crippen LogP contribution in [0.3, 0.4) is 0 Å². The van der Waals surface area contributed by atoms with Gasteiger partial charge in [-0.05, 0) is 68.3 Å². The summed E-state index contributed by atoms with van der Waals surface area (Å²) in [5, 5.41) is 3.15. The highest BCUT2D eigenvalue weighted by molar-refractivity contribution is 6.12. The number of benzene rings is 1. The predicted octanol–water partition coefficient (Wildman–Crippen LogP) is 4.37. The predicted molar refractivity (Wildman–Crippen MR) is 114 cm³/mol. The summed E-state index contributed by atoms with van der Waals surface area (Å²) in [6, 6.07) is 13.0. The number of fused-ring (bicyclic) bond motifs is 1. The fourth-order valence-electron chi connectivity index (χ4n) is 4.76. The largest absolute Gasteiger partial charge is 0.463 e. The zero-order chi connectivity index (χ0) is 21.6. The summed E-state index contributed by atoms with van der Waals surface area (Å²) in [7, 11) is 0. The van der Waals surface area contributed by atoms with Crippen molar-refractivity contribution in [2.75, 3.05) is 4.90 Å². The summed E-state index contributed by atoms with van der Waals surface area (Å²) in [5.74, 6) is -0.275. The van der Waals surface area contributed by atoms with Gasteiger partial charge in [-0.3, -0.25) is 14.5 Å². The van der Waals surface area contributed by atoms with E-state index in [0.717, 1.165) is 31.4 Å². The molecule has 0 radical (unpaired) electrons. The fraction of sp³-hybridized carbons (Fsp3) is 0.333. The van der Waals surface area contributed by atoms with Crippen molar-refractivity contribution in [3.8, 4) is 11.5 Å². The molecule has 1 aliphatic carbocycles. The van der Waals surface area contributed by atoms with E-state index in [1.54, 1.807) is 37.5 Å². The molecule has 2 aliphatic rings. The first-order valence-corrected chi connectivity index (χ1v) is 10.6. The third kappa shape index (κ3) is 3.24. The lowest BCUT2D eigenvalue weighted by molar-refractivity contribution is -0.127. The molecule has 0 unspecified atom stereocenters. The van der Waals surface area contributed by atoms with Crippen molar-refractivity contribution in [1.29, 1.82) is 0 Å². The first-order chi connectivity index (χ1) is 15.0. The van der Waals surface area contributed by atoms with E-state index in [1.807, 2.05) is 16.7 Å². The lowest BCUT2D eigenvalue weighted by Gasteiger charge is -2.44. The third-order valence-electron chi connectivity index (χ3n) is 6.40. The standard InChI is InChI=1S/C24H24FN3O3/c1-24(23(30)26-17-5-2-3-6-17)15-27-19(21-7-4-14-31-21)12-13-20(27)22(29)28(24)18-10-8-16(25)9-11-18/h4,7-14,17H,2-3,5-6,15H2,1H3,(H,26,30)/t24-/m1/s1. The monoisotopic (exact) mass is 421 g/mol. The average Bonchev–Trinajstić information content (AvgIpc) is 3.50. The summed E-state index contributed by atoms with van der Waals surface area (Å²) in [6.45, 7) is 2.03. The molecule has 31 heavy (non-hydrogen) atoms. The smallest absolute Gasteiger partial charge is 0.275 e. The van der Waals surface area contributed by atoms with Crippen LogP contribution in [0.1, 0.15) is 43.1 Å². The summed E-state index contributed by atoms with van der Waals surface area (Å²) in [4.78, 5) is 28.7. The molecular formula is C24H24FN3O3. The van der Waals surface area contributed by atoms with Crippen LogP contribution < -0.4 is 10.2 Å². The SMILES string of the molecule is C[C@]1(C(=O)NC2CCCC2)Cn2c(ccc2-c2ccco2)C(=O)N1c1ccc(F)cc1. The van der Waals surface area contributed by atoms with E-state index in [4.69, 9.17) is 4.42 Å². The number of hydrogen-bond acceptors (Lipinski definition) is 3. The molecule has 1 atom stereocenters. The number of nitrogens with one attached hydrogen (secondary N) is 1. The minimum Gasteiger partial charge on any atom is -0.463 e. The van der Waals surface area contributed by atoms with Gasteiger partial charge in [-0.15, -0.1) is 0 Å². The van der Waals surface area contributed by atoms with Gasteiger partial charge in [0, 0.05) is 11.7 Å². The summed E-state index contributed by atoms with van der Waals surface area (Å²) < 4.78 is 21.0.